The van der Waals surface area contributed by atoms with Crippen LogP contribution in [-0.4, -0.2) is 80.9 Å². The molecular formula is C62H94CuO12. The predicted molar refractivity (Wildman–Crippen MR) is 280 cm³/mol. The minimum atomic E-state index is -1.20. The van der Waals surface area contributed by atoms with Crippen molar-refractivity contribution in [2.45, 2.75) is 236 Å². The first kappa shape index (κ1) is 61.4. The molecule has 8 rings (SSSR count). The molecule has 0 aromatic carbocycles. The molecule has 0 aliphatic heterocycles. The summed E-state index contributed by atoms with van der Waals surface area (Å²) in [6, 6.07) is 0. The maximum Gasteiger partial charge on any atom is 2.00 e. The summed E-state index contributed by atoms with van der Waals surface area (Å²) >= 11 is 0. The third-order valence-electron chi connectivity index (χ3n) is 23.1. The monoisotopic (exact) mass is 1090 g/mol. The van der Waals surface area contributed by atoms with Gasteiger partial charge in [-0.15, -0.1) is 0 Å². The molecule has 0 saturated heterocycles. The molecule has 13 heteroatoms. The van der Waals surface area contributed by atoms with Crippen molar-refractivity contribution in [2.75, 3.05) is 0 Å². The number of allylic oxidation sites excluding steroid dienone is 4. The van der Waals surface area contributed by atoms with Crippen LogP contribution in [0.2, 0.25) is 0 Å². The maximum absolute atomic E-state index is 12.5. The minimum Gasteiger partial charge on any atom is -0.545 e. The summed E-state index contributed by atoms with van der Waals surface area (Å²) in [5.41, 5.74) is 2.63. The number of carboxylic acid groups (broad SMARTS) is 2. The van der Waals surface area contributed by atoms with Gasteiger partial charge in [0.15, 0.2) is 0 Å². The van der Waals surface area contributed by atoms with Crippen LogP contribution in [0.25, 0.3) is 0 Å². The van der Waals surface area contributed by atoms with Crippen LogP contribution in [0, 0.1) is 79.8 Å². The fourth-order valence-corrected chi connectivity index (χ4v) is 19.6. The number of esters is 2. The standard InChI is InChI=1S/2C31H48O6.Cu/c2*1-17(2)9-8-10-20(28(35)36)26-22-15-24(34)27-29(5)13-12-23(33)18(3)21(29)11-14-30(27,6)31(22,7)16-25(26)37-19(4)32;/h2*9,18,21-25,27,33-34H,8,10-16H2,1-7H3,(H,35,36);/q;;+2/p-2/t2*18-,21?,22+,23+,24+,25-,27?,29-,30-,31-;/m00./s1. The Morgan fingerprint density at radius 3 is 1.16 bits per heavy atom. The Hall–Kier alpha value is -2.80. The topological polar surface area (TPSA) is 214 Å². The van der Waals surface area contributed by atoms with Crippen molar-refractivity contribution in [3.8, 4) is 0 Å². The van der Waals surface area contributed by atoms with Crippen LogP contribution in [0.15, 0.2) is 45.6 Å². The quantitative estimate of drug-likeness (QED) is 0.0700. The van der Waals surface area contributed by atoms with E-state index in [2.05, 4.69) is 55.4 Å². The zero-order valence-corrected chi connectivity index (χ0v) is 48.8. The Labute approximate surface area is 459 Å². The molecular weight excluding hydrogens is 1000 g/mol. The zero-order valence-electron chi connectivity index (χ0n) is 47.9. The Kier molecular flexibility index (Phi) is 18.3. The van der Waals surface area contributed by atoms with E-state index in [9.17, 15) is 49.8 Å². The molecule has 8 aliphatic carbocycles. The first-order valence-corrected chi connectivity index (χ1v) is 28.6. The summed E-state index contributed by atoms with van der Waals surface area (Å²) in [5, 5.41) is 70.1. The molecule has 0 amide bonds. The van der Waals surface area contributed by atoms with Crippen LogP contribution >= 0.6 is 0 Å². The van der Waals surface area contributed by atoms with Gasteiger partial charge in [-0.1, -0.05) is 78.7 Å². The van der Waals surface area contributed by atoms with Gasteiger partial charge in [-0.3, -0.25) is 9.59 Å². The van der Waals surface area contributed by atoms with E-state index in [1.54, 1.807) is 0 Å². The molecule has 0 aromatic rings. The second-order valence-electron chi connectivity index (χ2n) is 27.3. The van der Waals surface area contributed by atoms with Crippen LogP contribution in [-0.2, 0) is 45.7 Å². The molecule has 1 radical (unpaired) electrons. The summed E-state index contributed by atoms with van der Waals surface area (Å²) < 4.78 is 11.7. The molecule has 425 valence electrons. The third-order valence-corrected chi connectivity index (χ3v) is 23.1. The number of hydrogen-bond acceptors (Lipinski definition) is 12. The van der Waals surface area contributed by atoms with Crippen LogP contribution in [0.4, 0.5) is 0 Å². The minimum absolute atomic E-state index is 0. The Bertz CT molecular complexity index is 2150. The van der Waals surface area contributed by atoms with Gasteiger partial charge in [0.25, 0.3) is 0 Å². The van der Waals surface area contributed by atoms with Crippen LogP contribution in [0.3, 0.4) is 0 Å². The van der Waals surface area contributed by atoms with Crippen LogP contribution < -0.4 is 10.2 Å². The molecule has 20 atom stereocenters. The van der Waals surface area contributed by atoms with E-state index < -0.39 is 48.3 Å². The fraction of sp³-hybridized carbons (Fsp3) is 0.806. The average molecular weight is 1090 g/mol. The maximum atomic E-state index is 12.5. The molecule has 0 aromatic heterocycles. The van der Waals surface area contributed by atoms with Gasteiger partial charge < -0.3 is 49.7 Å². The Morgan fingerprint density at radius 2 is 0.867 bits per heavy atom. The third kappa shape index (κ3) is 10.4. The molecule has 75 heavy (non-hydrogen) atoms. The number of carbonyl (C=O) groups is 4. The van der Waals surface area contributed by atoms with Crippen molar-refractivity contribution in [3.63, 3.8) is 0 Å². The van der Waals surface area contributed by atoms with Gasteiger partial charge in [-0.2, -0.15) is 0 Å². The van der Waals surface area contributed by atoms with Gasteiger partial charge in [0.2, 0.25) is 0 Å². The summed E-state index contributed by atoms with van der Waals surface area (Å²) in [7, 11) is 0. The number of carbonyl (C=O) groups excluding carboxylic acids is 4. The SMILES string of the molecule is CC(=O)O[C@H]1C[C@@]2(C)[C@H](C[C@@H](O)C3[C@@]4(C)CC[C@@H](O)[C@@H](C)C4CC[C@@]32C)C1=C(CCC=C(C)C)C(=O)[O-].CC(=O)O[C@H]1C[C@@]2(C)[C@H](C[C@@H](O)C3[C@@]4(C)CC[C@@H](O)[C@@H](C)C4CC[C@@]32C)C1=C(CCC=C(C)C)C(=O)[O-].[Cu+2]. The van der Waals surface area contributed by atoms with E-state index in [0.717, 1.165) is 62.5 Å². The van der Waals surface area contributed by atoms with Crippen molar-refractivity contribution < 1.29 is 76.4 Å². The molecule has 0 bridgehead atoms. The molecule has 0 spiro atoms. The molecule has 4 unspecified atom stereocenters. The van der Waals surface area contributed by atoms with E-state index in [0.29, 0.717) is 74.3 Å². The number of aliphatic hydroxyl groups is 4. The van der Waals surface area contributed by atoms with Crippen LogP contribution in [0.1, 0.15) is 200 Å². The van der Waals surface area contributed by atoms with Gasteiger partial charge in [-0.05, 0) is 233 Å². The normalized spacial score (nSPS) is 45.6. The number of aliphatic hydroxyl groups excluding tert-OH is 4. The van der Waals surface area contributed by atoms with Gasteiger partial charge in [0.05, 0.1) is 36.4 Å². The van der Waals surface area contributed by atoms with E-state index in [-0.39, 0.29) is 108 Å². The number of fused-ring (bicyclic) bond motifs is 10. The smallest absolute Gasteiger partial charge is 0.545 e. The summed E-state index contributed by atoms with van der Waals surface area (Å²) in [5.74, 6) is -2.51. The van der Waals surface area contributed by atoms with Gasteiger partial charge in [-0.25, -0.2) is 0 Å². The van der Waals surface area contributed by atoms with Crippen molar-refractivity contribution in [3.05, 3.63) is 45.6 Å². The predicted octanol–water partition coefficient (Wildman–Crippen LogP) is 8.66. The number of rotatable bonds is 10. The average Bonchev–Trinajstić information content (AvgIpc) is 3.72. The van der Waals surface area contributed by atoms with Gasteiger partial charge in [0.1, 0.15) is 12.2 Å². The van der Waals surface area contributed by atoms with E-state index in [4.69, 9.17) is 9.47 Å². The van der Waals surface area contributed by atoms with E-state index in [1.165, 1.54) is 13.8 Å². The second-order valence-corrected chi connectivity index (χ2v) is 27.3. The van der Waals surface area contributed by atoms with Crippen molar-refractivity contribution in [2.24, 2.45) is 79.8 Å². The van der Waals surface area contributed by atoms with Gasteiger partial charge in [0, 0.05) is 13.8 Å². The largest absolute Gasteiger partial charge is 2.00 e. The van der Waals surface area contributed by atoms with Gasteiger partial charge >= 0.3 is 29.0 Å². The van der Waals surface area contributed by atoms with E-state index in [1.807, 2.05) is 39.8 Å². The molecule has 8 aliphatic rings. The molecule has 8 fully saturated rings. The summed E-state index contributed by atoms with van der Waals surface area (Å²) in [6.07, 6.45) is 11.8. The number of carboxylic acids is 2. The number of hydrogen-bond donors (Lipinski definition) is 4. The molecule has 0 heterocycles. The first-order chi connectivity index (χ1) is 34.3. The first-order valence-electron chi connectivity index (χ1n) is 28.6. The van der Waals surface area contributed by atoms with Crippen molar-refractivity contribution in [1.82, 2.24) is 0 Å². The fourth-order valence-electron chi connectivity index (χ4n) is 19.6. The summed E-state index contributed by atoms with van der Waals surface area (Å²) in [4.78, 5) is 49.4. The van der Waals surface area contributed by atoms with Crippen molar-refractivity contribution in [1.29, 1.82) is 0 Å². The van der Waals surface area contributed by atoms with Crippen molar-refractivity contribution >= 4 is 23.9 Å². The van der Waals surface area contributed by atoms with Crippen LogP contribution in [0.5, 0.6) is 0 Å². The summed E-state index contributed by atoms with van der Waals surface area (Å²) in [6.45, 7) is 28.7. The molecule has 8 saturated carbocycles. The number of ether oxygens (including phenoxy) is 2. The van der Waals surface area contributed by atoms with E-state index >= 15 is 0 Å². The molecule has 4 N–H and O–H groups in total. The second kappa shape index (κ2) is 22.4. The molecule has 12 nitrogen and oxygen atoms in total. The Morgan fingerprint density at radius 1 is 0.533 bits per heavy atom. The zero-order chi connectivity index (χ0) is 55.0. The number of aliphatic carboxylic acids is 2. The Balaban J connectivity index is 0.000000241.